The van der Waals surface area contributed by atoms with Gasteiger partial charge in [0.1, 0.15) is 0 Å². The minimum absolute atomic E-state index is 0. The number of amides is 1. The Kier molecular flexibility index (Phi) is 5.84. The predicted molar refractivity (Wildman–Crippen MR) is 59.3 cm³/mol. The van der Waals surface area contributed by atoms with Crippen LogP contribution in [0.2, 0.25) is 0 Å². The largest absolute Gasteiger partial charge is 0.453 e. The highest BCUT2D eigenvalue weighted by Crippen LogP contribution is 2.09. The molecule has 0 radical (unpaired) electrons. The molecule has 1 aliphatic heterocycles. The van der Waals surface area contributed by atoms with Gasteiger partial charge in [-0.1, -0.05) is 0 Å². The lowest BCUT2D eigenvalue weighted by molar-refractivity contribution is 0.159. The van der Waals surface area contributed by atoms with Crippen molar-refractivity contribution in [2.75, 3.05) is 20.2 Å². The number of likely N-dealkylation sites (tertiary alicyclic amines) is 1. The monoisotopic (exact) mass is 236 g/mol. The highest BCUT2D eigenvalue weighted by Gasteiger charge is 2.21. The summed E-state index contributed by atoms with van der Waals surface area (Å²) < 4.78 is 4.50. The summed E-state index contributed by atoms with van der Waals surface area (Å²) in [6.07, 6.45) is 1.40. The zero-order chi connectivity index (χ0) is 10.6. The number of ether oxygens (including phenoxy) is 1. The van der Waals surface area contributed by atoms with Crippen LogP contribution >= 0.6 is 12.4 Å². The average molecular weight is 237 g/mol. The van der Waals surface area contributed by atoms with Crippen molar-refractivity contribution in [1.82, 2.24) is 10.2 Å². The van der Waals surface area contributed by atoms with Crippen molar-refractivity contribution in [2.45, 2.75) is 18.9 Å². The summed E-state index contributed by atoms with van der Waals surface area (Å²) in [4.78, 5) is 12.7. The van der Waals surface area contributed by atoms with Gasteiger partial charge in [0.05, 0.1) is 7.11 Å². The molecule has 1 atom stereocenters. The van der Waals surface area contributed by atoms with Gasteiger partial charge in [-0.2, -0.15) is 0 Å². The summed E-state index contributed by atoms with van der Waals surface area (Å²) in [6.45, 7) is 1.37. The molecule has 1 heterocycles. The van der Waals surface area contributed by atoms with E-state index in [1.165, 1.54) is 7.11 Å². The van der Waals surface area contributed by atoms with Gasteiger partial charge in [0.15, 0.2) is 5.96 Å². The first-order valence-corrected chi connectivity index (χ1v) is 4.57. The van der Waals surface area contributed by atoms with Crippen LogP contribution in [0.3, 0.4) is 0 Å². The van der Waals surface area contributed by atoms with E-state index in [1.807, 2.05) is 0 Å². The molecule has 1 amide bonds. The maximum Gasteiger partial charge on any atom is 0.407 e. The van der Waals surface area contributed by atoms with E-state index in [4.69, 9.17) is 11.1 Å². The first kappa shape index (κ1) is 13.8. The predicted octanol–water partition coefficient (Wildman–Crippen LogP) is 0.122. The van der Waals surface area contributed by atoms with Gasteiger partial charge < -0.3 is 20.7 Å². The normalized spacial score (nSPS) is 20.1. The minimum atomic E-state index is -0.430. The van der Waals surface area contributed by atoms with E-state index in [1.54, 1.807) is 4.90 Å². The first-order valence-electron chi connectivity index (χ1n) is 4.57. The number of rotatable bonds is 1. The average Bonchev–Trinajstić information content (AvgIpc) is 2.18. The van der Waals surface area contributed by atoms with Crippen molar-refractivity contribution >= 4 is 24.5 Å². The maximum atomic E-state index is 10.9. The van der Waals surface area contributed by atoms with Crippen molar-refractivity contribution in [1.29, 1.82) is 5.41 Å². The van der Waals surface area contributed by atoms with Crippen LogP contribution in [0.5, 0.6) is 0 Å². The Morgan fingerprint density at radius 2 is 2.33 bits per heavy atom. The molecule has 0 spiro atoms. The number of guanidine groups is 1. The van der Waals surface area contributed by atoms with Gasteiger partial charge in [0, 0.05) is 19.1 Å². The maximum absolute atomic E-state index is 10.9. The second-order valence-electron chi connectivity index (χ2n) is 3.31. The van der Waals surface area contributed by atoms with Gasteiger partial charge in [0.2, 0.25) is 0 Å². The summed E-state index contributed by atoms with van der Waals surface area (Å²) in [5.74, 6) is 0.0568. The number of piperidine rings is 1. The molecule has 15 heavy (non-hydrogen) atoms. The minimum Gasteiger partial charge on any atom is -0.453 e. The Balaban J connectivity index is 0.00000196. The number of nitrogens with two attached hydrogens (primary N) is 1. The molecule has 0 aromatic heterocycles. The molecular formula is C8H17ClN4O2. The van der Waals surface area contributed by atoms with Gasteiger partial charge in [0.25, 0.3) is 0 Å². The molecule has 0 aromatic carbocycles. The molecule has 7 heteroatoms. The van der Waals surface area contributed by atoms with Crippen molar-refractivity contribution in [3.63, 3.8) is 0 Å². The summed E-state index contributed by atoms with van der Waals surface area (Å²) in [6, 6.07) is 0.0279. The number of nitrogens with zero attached hydrogens (tertiary/aromatic N) is 1. The lowest BCUT2D eigenvalue weighted by Gasteiger charge is -2.32. The Hall–Kier alpha value is -1.17. The number of alkyl carbamates (subject to hydrolysis) is 1. The van der Waals surface area contributed by atoms with Crippen molar-refractivity contribution in [2.24, 2.45) is 5.73 Å². The Labute approximate surface area is 95.1 Å². The molecule has 6 nitrogen and oxygen atoms in total. The molecule has 1 fully saturated rings. The highest BCUT2D eigenvalue weighted by molar-refractivity contribution is 5.85. The van der Waals surface area contributed by atoms with Crippen LogP contribution in [0.1, 0.15) is 12.8 Å². The fourth-order valence-corrected chi connectivity index (χ4v) is 1.54. The van der Waals surface area contributed by atoms with E-state index >= 15 is 0 Å². The Morgan fingerprint density at radius 1 is 1.67 bits per heavy atom. The summed E-state index contributed by atoms with van der Waals surface area (Å²) in [5, 5.41) is 9.96. The number of methoxy groups -OCH3 is 1. The fraction of sp³-hybridized carbons (Fsp3) is 0.750. The van der Waals surface area contributed by atoms with E-state index in [0.717, 1.165) is 19.4 Å². The smallest absolute Gasteiger partial charge is 0.407 e. The van der Waals surface area contributed by atoms with Gasteiger partial charge in [-0.15, -0.1) is 12.4 Å². The zero-order valence-corrected chi connectivity index (χ0v) is 9.47. The zero-order valence-electron chi connectivity index (χ0n) is 8.66. The molecular weight excluding hydrogens is 220 g/mol. The van der Waals surface area contributed by atoms with Gasteiger partial charge >= 0.3 is 6.09 Å². The van der Waals surface area contributed by atoms with E-state index in [9.17, 15) is 4.79 Å². The molecule has 1 rings (SSSR count). The van der Waals surface area contributed by atoms with Crippen molar-refractivity contribution < 1.29 is 9.53 Å². The van der Waals surface area contributed by atoms with Crippen LogP contribution in [0, 0.1) is 5.41 Å². The van der Waals surface area contributed by atoms with E-state index < -0.39 is 6.09 Å². The van der Waals surface area contributed by atoms with Gasteiger partial charge in [-0.3, -0.25) is 5.41 Å². The standard InChI is InChI=1S/C8H16N4O2.ClH/c1-14-8(13)11-6-3-2-4-12(5-6)7(9)10;/h6H,2-5H2,1H3,(H3,9,10)(H,11,13);1H. The van der Waals surface area contributed by atoms with Crippen molar-refractivity contribution in [3.8, 4) is 0 Å². The van der Waals surface area contributed by atoms with Gasteiger partial charge in [-0.25, -0.2) is 4.79 Å². The summed E-state index contributed by atoms with van der Waals surface area (Å²) >= 11 is 0. The van der Waals surface area contributed by atoms with Crippen LogP contribution in [0.4, 0.5) is 4.79 Å². The van der Waals surface area contributed by atoms with Gasteiger partial charge in [-0.05, 0) is 12.8 Å². The fourth-order valence-electron chi connectivity index (χ4n) is 1.54. The van der Waals surface area contributed by atoms with Crippen LogP contribution in [0.15, 0.2) is 0 Å². The second-order valence-corrected chi connectivity index (χ2v) is 3.31. The summed E-state index contributed by atoms with van der Waals surface area (Å²) in [5.41, 5.74) is 5.36. The molecule has 1 aliphatic rings. The third kappa shape index (κ3) is 4.24. The quantitative estimate of drug-likeness (QED) is 0.446. The number of nitrogens with one attached hydrogen (secondary N) is 2. The Bertz CT molecular complexity index is 237. The topological polar surface area (TPSA) is 91.4 Å². The first-order chi connectivity index (χ1) is 6.63. The SMILES string of the molecule is COC(=O)NC1CCCN(C(=N)N)C1.Cl. The molecule has 0 bridgehead atoms. The number of hydrogen-bond donors (Lipinski definition) is 3. The van der Waals surface area contributed by atoms with E-state index in [2.05, 4.69) is 10.1 Å². The van der Waals surface area contributed by atoms with Crippen LogP contribution in [-0.2, 0) is 4.74 Å². The van der Waals surface area contributed by atoms with Crippen molar-refractivity contribution in [3.05, 3.63) is 0 Å². The van der Waals surface area contributed by atoms with Crippen LogP contribution in [-0.4, -0.2) is 43.2 Å². The lowest BCUT2D eigenvalue weighted by atomic mass is 10.1. The van der Waals surface area contributed by atoms with Crippen LogP contribution < -0.4 is 11.1 Å². The summed E-state index contributed by atoms with van der Waals surface area (Å²) in [7, 11) is 1.33. The molecule has 1 saturated heterocycles. The lowest BCUT2D eigenvalue weighted by Crippen LogP contribution is -2.51. The molecule has 0 aromatic rings. The molecule has 0 aliphatic carbocycles. The molecule has 4 N–H and O–H groups in total. The third-order valence-electron chi connectivity index (χ3n) is 2.27. The highest BCUT2D eigenvalue weighted by atomic mass is 35.5. The van der Waals surface area contributed by atoms with E-state index in [-0.39, 0.29) is 24.4 Å². The number of halogens is 1. The molecule has 1 unspecified atom stereocenters. The number of hydrogen-bond acceptors (Lipinski definition) is 3. The van der Waals surface area contributed by atoms with E-state index in [0.29, 0.717) is 6.54 Å². The third-order valence-corrected chi connectivity index (χ3v) is 2.27. The molecule has 88 valence electrons. The Morgan fingerprint density at radius 3 is 2.87 bits per heavy atom. The number of carbonyl (C=O) groups excluding carboxylic acids is 1. The second kappa shape index (κ2) is 6.34. The number of carbonyl (C=O) groups is 1. The van der Waals surface area contributed by atoms with Crippen LogP contribution in [0.25, 0.3) is 0 Å². The molecule has 0 saturated carbocycles.